The van der Waals surface area contributed by atoms with E-state index in [4.69, 9.17) is 32.4 Å². The van der Waals surface area contributed by atoms with Gasteiger partial charge in [-0.1, -0.05) is 0 Å². The summed E-state index contributed by atoms with van der Waals surface area (Å²) < 4.78 is 9.53. The molecule has 0 amide bonds. The molecule has 0 aromatic heterocycles. The highest BCUT2D eigenvalue weighted by Crippen LogP contribution is 2.09. The maximum absolute atomic E-state index is 5.42. The lowest BCUT2D eigenvalue weighted by Gasteiger charge is -2.37. The zero-order chi connectivity index (χ0) is 7.83. The molecule has 6 nitrogen and oxygen atoms in total. The molecule has 0 bridgehead atoms. The van der Waals surface area contributed by atoms with Gasteiger partial charge in [0.25, 0.3) is 6.03 Å². The van der Waals surface area contributed by atoms with Gasteiger partial charge in [0.15, 0.2) is 0 Å². The van der Waals surface area contributed by atoms with Crippen LogP contribution in [-0.2, 0) is 9.47 Å². The summed E-state index contributed by atoms with van der Waals surface area (Å²) in [5.41, 5.74) is 20.3. The summed E-state index contributed by atoms with van der Waals surface area (Å²) in [4.78, 5) is 0. The van der Waals surface area contributed by atoms with E-state index in [2.05, 4.69) is 0 Å². The molecule has 0 unspecified atom stereocenters. The normalized spacial score (nSPS) is 30.0. The zero-order valence-electron chi connectivity index (χ0n) is 5.54. The van der Waals surface area contributed by atoms with Crippen molar-refractivity contribution in [1.29, 1.82) is 0 Å². The molecule has 1 fully saturated rings. The Hall–Kier alpha value is -0.240. The molecule has 1 saturated heterocycles. The van der Waals surface area contributed by atoms with Crippen molar-refractivity contribution in [3.63, 3.8) is 0 Å². The van der Waals surface area contributed by atoms with Crippen LogP contribution in [0.25, 0.3) is 0 Å². The molecule has 1 heterocycles. The van der Waals surface area contributed by atoms with Gasteiger partial charge in [-0.25, -0.2) is 0 Å². The average Bonchev–Trinajstić information content (AvgIpc) is 1.79. The van der Waals surface area contributed by atoms with E-state index in [1.54, 1.807) is 0 Å². The maximum Gasteiger partial charge on any atom is 0.286 e. The van der Waals surface area contributed by atoms with Crippen molar-refractivity contribution < 1.29 is 9.47 Å². The molecule has 0 aliphatic carbocycles. The molecule has 0 aromatic rings. The molecule has 1 aliphatic heterocycles. The summed E-state index contributed by atoms with van der Waals surface area (Å²) in [7, 11) is 0. The molecule has 0 spiro atoms. The molecule has 0 atom stereocenters. The number of rotatable bonds is 0. The van der Waals surface area contributed by atoms with Crippen molar-refractivity contribution in [2.75, 3.05) is 13.2 Å². The number of nitrogens with two attached hydrogens (primary N) is 4. The van der Waals surface area contributed by atoms with Crippen molar-refractivity contribution in [3.8, 4) is 0 Å². The Bertz CT molecular complexity index is 107. The third kappa shape index (κ3) is 1.87. The van der Waals surface area contributed by atoms with Crippen LogP contribution in [0.15, 0.2) is 0 Å². The van der Waals surface area contributed by atoms with E-state index >= 15 is 0 Å². The fourth-order valence-electron chi connectivity index (χ4n) is 0.578. The highest BCUT2D eigenvalue weighted by molar-refractivity contribution is 4.80. The average molecular weight is 148 g/mol. The van der Waals surface area contributed by atoms with Crippen LogP contribution in [-0.4, -0.2) is 24.9 Å². The fourth-order valence-corrected chi connectivity index (χ4v) is 0.578. The monoisotopic (exact) mass is 148 g/mol. The first-order chi connectivity index (χ1) is 4.41. The van der Waals surface area contributed by atoms with Crippen molar-refractivity contribution >= 4 is 0 Å². The van der Waals surface area contributed by atoms with Crippen LogP contribution in [0.4, 0.5) is 0 Å². The van der Waals surface area contributed by atoms with E-state index in [0.717, 1.165) is 0 Å². The Morgan fingerprint density at radius 2 is 1.30 bits per heavy atom. The van der Waals surface area contributed by atoms with Gasteiger partial charge in [0.05, 0.1) is 13.2 Å². The molecule has 0 saturated carbocycles. The van der Waals surface area contributed by atoms with Crippen LogP contribution in [0.3, 0.4) is 0 Å². The second-order valence-electron chi connectivity index (χ2n) is 2.53. The first-order valence-electron chi connectivity index (χ1n) is 2.85. The van der Waals surface area contributed by atoms with E-state index in [-0.39, 0.29) is 13.2 Å². The largest absolute Gasteiger partial charge is 0.322 e. The molecule has 1 aliphatic rings. The van der Waals surface area contributed by atoms with Gasteiger partial charge < -0.3 is 20.9 Å². The van der Waals surface area contributed by atoms with Gasteiger partial charge in [0.1, 0.15) is 5.66 Å². The fraction of sp³-hybridized carbons (Fsp3) is 1.00. The first kappa shape index (κ1) is 7.86. The third-order valence-corrected chi connectivity index (χ3v) is 1.13. The summed E-state index contributed by atoms with van der Waals surface area (Å²) in [5, 5.41) is 0. The Kier molecular flexibility index (Phi) is 1.67. The smallest absolute Gasteiger partial charge is 0.286 e. The van der Waals surface area contributed by atoms with E-state index in [1.807, 2.05) is 0 Å². The topological polar surface area (TPSA) is 123 Å². The van der Waals surface area contributed by atoms with Crippen LogP contribution < -0.4 is 22.9 Å². The molecule has 0 radical (unpaired) electrons. The molecule has 0 aromatic carbocycles. The SMILES string of the molecule is NC1(N)COC(N)(N)OC1. The van der Waals surface area contributed by atoms with Crippen molar-refractivity contribution in [2.24, 2.45) is 22.9 Å². The Morgan fingerprint density at radius 1 is 0.900 bits per heavy atom. The highest BCUT2D eigenvalue weighted by atomic mass is 16.7. The Morgan fingerprint density at radius 3 is 1.60 bits per heavy atom. The number of hydrogen-bond acceptors (Lipinski definition) is 6. The van der Waals surface area contributed by atoms with Crippen molar-refractivity contribution in [1.82, 2.24) is 0 Å². The number of ether oxygens (including phenoxy) is 2. The summed E-state index contributed by atoms with van der Waals surface area (Å²) >= 11 is 0. The van der Waals surface area contributed by atoms with Gasteiger partial charge in [0.2, 0.25) is 0 Å². The van der Waals surface area contributed by atoms with Crippen molar-refractivity contribution in [2.45, 2.75) is 11.7 Å². The Labute approximate surface area is 58.4 Å². The second kappa shape index (κ2) is 2.12. The summed E-state index contributed by atoms with van der Waals surface area (Å²) in [6.45, 7) is 0.194. The highest BCUT2D eigenvalue weighted by Gasteiger charge is 2.35. The van der Waals surface area contributed by atoms with E-state index in [0.29, 0.717) is 0 Å². The van der Waals surface area contributed by atoms with E-state index in [9.17, 15) is 0 Å². The second-order valence-corrected chi connectivity index (χ2v) is 2.53. The van der Waals surface area contributed by atoms with E-state index in [1.165, 1.54) is 0 Å². The molecule has 60 valence electrons. The van der Waals surface area contributed by atoms with Crippen LogP contribution in [0.5, 0.6) is 0 Å². The quantitative estimate of drug-likeness (QED) is 0.275. The lowest BCUT2D eigenvalue weighted by atomic mass is 10.2. The van der Waals surface area contributed by atoms with Crippen LogP contribution in [0, 0.1) is 0 Å². The van der Waals surface area contributed by atoms with E-state index < -0.39 is 11.7 Å². The third-order valence-electron chi connectivity index (χ3n) is 1.13. The van der Waals surface area contributed by atoms with Gasteiger partial charge in [-0.15, -0.1) is 0 Å². The molecule has 8 N–H and O–H groups in total. The predicted octanol–water partition coefficient (Wildman–Crippen LogP) is -2.82. The van der Waals surface area contributed by atoms with Gasteiger partial charge in [-0.3, -0.25) is 11.5 Å². The molecular weight excluding hydrogens is 136 g/mol. The lowest BCUT2D eigenvalue weighted by Crippen LogP contribution is -2.69. The number of hydrogen-bond donors (Lipinski definition) is 4. The zero-order valence-corrected chi connectivity index (χ0v) is 5.54. The predicted molar refractivity (Wildman–Crippen MR) is 34.1 cm³/mol. The van der Waals surface area contributed by atoms with Gasteiger partial charge in [0, 0.05) is 0 Å². The minimum atomic E-state index is -1.53. The van der Waals surface area contributed by atoms with Crippen LogP contribution in [0.1, 0.15) is 0 Å². The van der Waals surface area contributed by atoms with Gasteiger partial charge in [-0.2, -0.15) is 0 Å². The Balaban J connectivity index is 2.46. The molecule has 1 rings (SSSR count). The van der Waals surface area contributed by atoms with Gasteiger partial charge >= 0.3 is 0 Å². The first-order valence-corrected chi connectivity index (χ1v) is 2.85. The standard InChI is InChI=1S/C4H12N4O2/c5-3(6)1-9-4(7,8)10-2-3/h1-2,5-8H2. The minimum absolute atomic E-state index is 0.0972. The summed E-state index contributed by atoms with van der Waals surface area (Å²) in [5.74, 6) is 0. The lowest BCUT2D eigenvalue weighted by molar-refractivity contribution is -0.280. The molecule has 10 heavy (non-hydrogen) atoms. The van der Waals surface area contributed by atoms with Crippen LogP contribution in [0.2, 0.25) is 0 Å². The van der Waals surface area contributed by atoms with Crippen molar-refractivity contribution in [3.05, 3.63) is 0 Å². The van der Waals surface area contributed by atoms with Crippen LogP contribution >= 0.6 is 0 Å². The van der Waals surface area contributed by atoms with Gasteiger partial charge in [-0.05, 0) is 0 Å². The maximum atomic E-state index is 5.42. The molecule has 6 heteroatoms. The summed E-state index contributed by atoms with van der Waals surface area (Å²) in [6.07, 6.45) is 0. The summed E-state index contributed by atoms with van der Waals surface area (Å²) in [6, 6.07) is -1.53. The molecular formula is C4H12N4O2. The minimum Gasteiger partial charge on any atom is -0.322 e.